The minimum Gasteiger partial charge on any atom is -0.469 e. The summed E-state index contributed by atoms with van der Waals surface area (Å²) in [7, 11) is 5.58. The zero-order valence-electron chi connectivity index (χ0n) is 8.62. The number of likely N-dealkylation sites (N-methyl/N-ethyl adjacent to an activating group) is 2. The van der Waals surface area contributed by atoms with E-state index in [9.17, 15) is 4.79 Å². The van der Waals surface area contributed by atoms with Crippen LogP contribution in [-0.4, -0.2) is 62.7 Å². The summed E-state index contributed by atoms with van der Waals surface area (Å²) in [5.41, 5.74) is 0. The summed E-state index contributed by atoms with van der Waals surface area (Å²) in [6.45, 7) is 3.05. The summed E-state index contributed by atoms with van der Waals surface area (Å²) in [6, 6.07) is 0.311. The van der Waals surface area contributed by atoms with Gasteiger partial charge in [-0.1, -0.05) is 0 Å². The molecule has 1 aliphatic heterocycles. The van der Waals surface area contributed by atoms with Crippen molar-refractivity contribution in [3.63, 3.8) is 0 Å². The van der Waals surface area contributed by atoms with Crippen molar-refractivity contribution >= 4 is 5.97 Å². The van der Waals surface area contributed by atoms with Crippen molar-refractivity contribution in [3.05, 3.63) is 0 Å². The maximum absolute atomic E-state index is 11.1. The van der Waals surface area contributed by atoms with Crippen molar-refractivity contribution in [2.75, 3.05) is 40.8 Å². The third-order valence-corrected chi connectivity index (χ3v) is 2.61. The van der Waals surface area contributed by atoms with E-state index in [2.05, 4.69) is 28.6 Å². The highest BCUT2D eigenvalue weighted by Gasteiger charge is 2.24. The first-order valence-electron chi connectivity index (χ1n) is 4.59. The molecule has 0 spiro atoms. The van der Waals surface area contributed by atoms with Crippen LogP contribution < -0.4 is 0 Å². The Bertz CT molecular complexity index is 184. The summed E-state index contributed by atoms with van der Waals surface area (Å²) in [6.07, 6.45) is 0.497. The molecule has 4 heteroatoms. The number of esters is 1. The zero-order chi connectivity index (χ0) is 9.84. The van der Waals surface area contributed by atoms with Gasteiger partial charge in [-0.3, -0.25) is 4.79 Å². The molecule has 0 saturated carbocycles. The first kappa shape index (κ1) is 10.5. The molecule has 1 saturated heterocycles. The van der Waals surface area contributed by atoms with Gasteiger partial charge in [-0.15, -0.1) is 0 Å². The molecular weight excluding hydrogens is 168 g/mol. The van der Waals surface area contributed by atoms with Gasteiger partial charge in [0.05, 0.1) is 13.5 Å². The van der Waals surface area contributed by atoms with Gasteiger partial charge in [-0.05, 0) is 14.1 Å². The smallest absolute Gasteiger partial charge is 0.307 e. The van der Waals surface area contributed by atoms with Crippen LogP contribution in [0.1, 0.15) is 6.42 Å². The van der Waals surface area contributed by atoms with E-state index in [0.29, 0.717) is 12.5 Å². The minimum absolute atomic E-state index is 0.118. The Morgan fingerprint density at radius 3 is 2.77 bits per heavy atom. The number of ether oxygens (including phenoxy) is 1. The Labute approximate surface area is 79.4 Å². The van der Waals surface area contributed by atoms with Crippen molar-refractivity contribution in [2.45, 2.75) is 12.5 Å². The molecule has 0 bridgehead atoms. The fraction of sp³-hybridized carbons (Fsp3) is 0.889. The standard InChI is InChI=1S/C9H18N2O2/c1-10-4-5-11(2)8(7-10)6-9(12)13-3/h8H,4-7H2,1-3H3/t8-/m0/s1. The van der Waals surface area contributed by atoms with Gasteiger partial charge < -0.3 is 14.5 Å². The molecule has 0 aromatic rings. The van der Waals surface area contributed by atoms with Gasteiger partial charge >= 0.3 is 5.97 Å². The molecule has 0 amide bonds. The maximum atomic E-state index is 11.1. The minimum atomic E-state index is -0.118. The van der Waals surface area contributed by atoms with Gasteiger partial charge in [-0.2, -0.15) is 0 Å². The number of hydrogen-bond donors (Lipinski definition) is 0. The van der Waals surface area contributed by atoms with Gasteiger partial charge in [0, 0.05) is 25.7 Å². The number of methoxy groups -OCH3 is 1. The average Bonchev–Trinajstić information content (AvgIpc) is 2.11. The van der Waals surface area contributed by atoms with Crippen LogP contribution in [0.15, 0.2) is 0 Å². The predicted molar refractivity (Wildman–Crippen MR) is 50.5 cm³/mol. The topological polar surface area (TPSA) is 32.8 Å². The van der Waals surface area contributed by atoms with E-state index in [4.69, 9.17) is 0 Å². The summed E-state index contributed by atoms with van der Waals surface area (Å²) >= 11 is 0. The second-order valence-electron chi connectivity index (χ2n) is 3.68. The SMILES string of the molecule is COC(=O)C[C@H]1CN(C)CCN1C. The monoisotopic (exact) mass is 186 g/mol. The van der Waals surface area contributed by atoms with Crippen LogP contribution in [0.3, 0.4) is 0 Å². The zero-order valence-corrected chi connectivity index (χ0v) is 8.62. The lowest BCUT2D eigenvalue weighted by atomic mass is 10.1. The molecule has 0 radical (unpaired) electrons. The van der Waals surface area contributed by atoms with Crippen LogP contribution in [0.5, 0.6) is 0 Å². The molecule has 4 nitrogen and oxygen atoms in total. The highest BCUT2D eigenvalue weighted by atomic mass is 16.5. The van der Waals surface area contributed by atoms with Crippen molar-refractivity contribution in [3.8, 4) is 0 Å². The largest absolute Gasteiger partial charge is 0.469 e. The van der Waals surface area contributed by atoms with Crippen LogP contribution >= 0.6 is 0 Å². The highest BCUT2D eigenvalue weighted by Crippen LogP contribution is 2.09. The van der Waals surface area contributed by atoms with E-state index < -0.39 is 0 Å². The molecule has 0 unspecified atom stereocenters. The average molecular weight is 186 g/mol. The molecule has 0 aromatic carbocycles. The van der Waals surface area contributed by atoms with Crippen LogP contribution in [0.25, 0.3) is 0 Å². The van der Waals surface area contributed by atoms with E-state index in [1.807, 2.05) is 0 Å². The van der Waals surface area contributed by atoms with Crippen LogP contribution in [0.2, 0.25) is 0 Å². The Kier molecular flexibility index (Phi) is 3.69. The fourth-order valence-electron chi connectivity index (χ4n) is 1.60. The van der Waals surface area contributed by atoms with Crippen LogP contribution in [0.4, 0.5) is 0 Å². The van der Waals surface area contributed by atoms with Gasteiger partial charge in [0.15, 0.2) is 0 Å². The summed E-state index contributed by atoms with van der Waals surface area (Å²) in [5, 5.41) is 0. The van der Waals surface area contributed by atoms with Gasteiger partial charge in [0.25, 0.3) is 0 Å². The van der Waals surface area contributed by atoms with Gasteiger partial charge in [-0.25, -0.2) is 0 Å². The number of carbonyl (C=O) groups is 1. The van der Waals surface area contributed by atoms with E-state index in [1.165, 1.54) is 7.11 Å². The molecule has 1 atom stereocenters. The second-order valence-corrected chi connectivity index (χ2v) is 3.68. The third kappa shape index (κ3) is 2.97. The first-order chi connectivity index (χ1) is 6.13. The number of piperazine rings is 1. The first-order valence-corrected chi connectivity index (χ1v) is 4.59. The molecule has 0 aliphatic carbocycles. The van der Waals surface area contributed by atoms with Crippen molar-refractivity contribution in [2.24, 2.45) is 0 Å². The summed E-state index contributed by atoms with van der Waals surface area (Å²) in [5.74, 6) is -0.118. The molecule has 13 heavy (non-hydrogen) atoms. The second kappa shape index (κ2) is 4.58. The summed E-state index contributed by atoms with van der Waals surface area (Å²) in [4.78, 5) is 15.5. The molecule has 76 valence electrons. The Morgan fingerprint density at radius 2 is 2.15 bits per heavy atom. The maximum Gasteiger partial charge on any atom is 0.307 e. The molecule has 1 fully saturated rings. The molecule has 0 aromatic heterocycles. The normalized spacial score (nSPS) is 25.9. The van der Waals surface area contributed by atoms with Gasteiger partial charge in [0.1, 0.15) is 0 Å². The fourth-order valence-corrected chi connectivity index (χ4v) is 1.60. The predicted octanol–water partition coefficient (Wildman–Crippen LogP) is -0.205. The quantitative estimate of drug-likeness (QED) is 0.559. The van der Waals surface area contributed by atoms with Crippen LogP contribution in [-0.2, 0) is 9.53 Å². The van der Waals surface area contributed by atoms with E-state index in [1.54, 1.807) is 0 Å². The molecule has 1 aliphatic rings. The third-order valence-electron chi connectivity index (χ3n) is 2.61. The summed E-state index contributed by atoms with van der Waals surface area (Å²) < 4.78 is 4.65. The van der Waals surface area contributed by atoms with Crippen LogP contribution in [0, 0.1) is 0 Å². The molecular formula is C9H18N2O2. The molecule has 1 rings (SSSR count). The number of rotatable bonds is 2. The van der Waals surface area contributed by atoms with E-state index in [-0.39, 0.29) is 5.97 Å². The Hall–Kier alpha value is -0.610. The van der Waals surface area contributed by atoms with Crippen molar-refractivity contribution in [1.29, 1.82) is 0 Å². The Morgan fingerprint density at radius 1 is 1.46 bits per heavy atom. The number of hydrogen-bond acceptors (Lipinski definition) is 4. The lowest BCUT2D eigenvalue weighted by Crippen LogP contribution is -2.50. The van der Waals surface area contributed by atoms with E-state index in [0.717, 1.165) is 19.6 Å². The Balaban J connectivity index is 2.41. The van der Waals surface area contributed by atoms with E-state index >= 15 is 0 Å². The number of nitrogens with zero attached hydrogens (tertiary/aromatic N) is 2. The lowest BCUT2D eigenvalue weighted by Gasteiger charge is -2.37. The van der Waals surface area contributed by atoms with Crippen molar-refractivity contribution < 1.29 is 9.53 Å². The number of carbonyl (C=O) groups excluding carboxylic acids is 1. The molecule has 0 N–H and O–H groups in total. The van der Waals surface area contributed by atoms with Gasteiger partial charge in [0.2, 0.25) is 0 Å². The van der Waals surface area contributed by atoms with Crippen molar-refractivity contribution in [1.82, 2.24) is 9.80 Å². The molecule has 1 heterocycles. The lowest BCUT2D eigenvalue weighted by molar-refractivity contribution is -0.142. The highest BCUT2D eigenvalue weighted by molar-refractivity contribution is 5.69.